The van der Waals surface area contributed by atoms with E-state index >= 15 is 0 Å². The summed E-state index contributed by atoms with van der Waals surface area (Å²) >= 11 is 2.23. The van der Waals surface area contributed by atoms with E-state index in [9.17, 15) is 4.79 Å². The zero-order chi connectivity index (χ0) is 13.4. The van der Waals surface area contributed by atoms with Gasteiger partial charge in [-0.2, -0.15) is 0 Å². The van der Waals surface area contributed by atoms with Gasteiger partial charge in [0.25, 0.3) is 5.91 Å². The molecule has 0 saturated heterocycles. The molecule has 0 saturated carbocycles. The Bertz CT molecular complexity index is 363. The summed E-state index contributed by atoms with van der Waals surface area (Å²) in [4.78, 5) is 14.0. The molecule has 1 aromatic rings. The summed E-state index contributed by atoms with van der Waals surface area (Å²) in [5, 5.41) is 2.95. The van der Waals surface area contributed by atoms with Crippen LogP contribution in [0.2, 0.25) is 0 Å². The van der Waals surface area contributed by atoms with Gasteiger partial charge in [0.2, 0.25) is 0 Å². The van der Waals surface area contributed by atoms with Gasteiger partial charge in [0.15, 0.2) is 0 Å². The van der Waals surface area contributed by atoms with Gasteiger partial charge in [0.05, 0.1) is 0 Å². The predicted octanol–water partition coefficient (Wildman–Crippen LogP) is 2.75. The quantitative estimate of drug-likeness (QED) is 0.596. The highest BCUT2D eigenvalue weighted by Crippen LogP contribution is 2.06. The maximum absolute atomic E-state index is 11.8. The fraction of sp³-hybridized carbons (Fsp3) is 0.500. The third kappa shape index (κ3) is 6.35. The second kappa shape index (κ2) is 8.48. The lowest BCUT2D eigenvalue weighted by Gasteiger charge is -2.09. The summed E-state index contributed by atoms with van der Waals surface area (Å²) in [5.41, 5.74) is 0.740. The summed E-state index contributed by atoms with van der Waals surface area (Å²) in [6, 6.07) is 7.63. The molecule has 0 bridgehead atoms. The first-order valence-corrected chi connectivity index (χ1v) is 7.36. The van der Waals surface area contributed by atoms with Crippen LogP contribution in [0.5, 0.6) is 0 Å². The minimum atomic E-state index is 0.0269. The van der Waals surface area contributed by atoms with Crippen molar-refractivity contribution in [1.29, 1.82) is 0 Å². The van der Waals surface area contributed by atoms with Gasteiger partial charge in [-0.05, 0) is 80.3 Å². The molecule has 0 aliphatic rings. The standard InChI is InChI=1S/C14H21IN2O/c1-17(2)11-5-3-4-10-16-14(18)12-6-8-13(15)9-7-12/h6-9H,3-5,10-11H2,1-2H3,(H,16,18)/i15+4. The average molecular weight is 364 g/mol. The predicted molar refractivity (Wildman–Crippen MR) is 83.9 cm³/mol. The number of rotatable bonds is 7. The van der Waals surface area contributed by atoms with Crippen molar-refractivity contribution in [1.82, 2.24) is 10.2 Å². The lowest BCUT2D eigenvalue weighted by Crippen LogP contribution is -2.24. The van der Waals surface area contributed by atoms with Gasteiger partial charge in [-0.25, -0.2) is 0 Å². The van der Waals surface area contributed by atoms with Gasteiger partial charge in [-0.1, -0.05) is 6.42 Å². The van der Waals surface area contributed by atoms with Crippen molar-refractivity contribution in [2.75, 3.05) is 27.2 Å². The van der Waals surface area contributed by atoms with Crippen LogP contribution in [0.4, 0.5) is 0 Å². The first-order valence-electron chi connectivity index (χ1n) is 6.28. The van der Waals surface area contributed by atoms with Crippen LogP contribution in [-0.2, 0) is 0 Å². The first-order chi connectivity index (χ1) is 8.59. The van der Waals surface area contributed by atoms with Gasteiger partial charge in [0, 0.05) is 15.7 Å². The van der Waals surface area contributed by atoms with E-state index in [2.05, 4.69) is 46.9 Å². The van der Waals surface area contributed by atoms with E-state index in [0.29, 0.717) is 0 Å². The molecule has 0 aliphatic carbocycles. The van der Waals surface area contributed by atoms with Gasteiger partial charge in [-0.15, -0.1) is 0 Å². The van der Waals surface area contributed by atoms with Crippen LogP contribution in [-0.4, -0.2) is 38.0 Å². The number of nitrogens with zero attached hydrogens (tertiary/aromatic N) is 1. The van der Waals surface area contributed by atoms with Crippen LogP contribution in [0.3, 0.4) is 0 Å². The highest BCUT2D eigenvalue weighted by Gasteiger charge is 2.03. The Morgan fingerprint density at radius 3 is 2.44 bits per heavy atom. The fourth-order valence-electron chi connectivity index (χ4n) is 1.64. The summed E-state index contributed by atoms with van der Waals surface area (Å²) in [7, 11) is 4.16. The molecule has 0 spiro atoms. The van der Waals surface area contributed by atoms with Gasteiger partial charge < -0.3 is 10.2 Å². The Morgan fingerprint density at radius 1 is 1.17 bits per heavy atom. The number of benzene rings is 1. The van der Waals surface area contributed by atoms with Crippen molar-refractivity contribution in [3.63, 3.8) is 0 Å². The molecule has 0 fully saturated rings. The van der Waals surface area contributed by atoms with E-state index in [1.165, 1.54) is 6.42 Å². The lowest BCUT2D eigenvalue weighted by molar-refractivity contribution is 0.0953. The molecule has 18 heavy (non-hydrogen) atoms. The Balaban J connectivity index is 2.16. The third-order valence-electron chi connectivity index (χ3n) is 2.67. The van der Waals surface area contributed by atoms with Crippen molar-refractivity contribution in [3.8, 4) is 0 Å². The van der Waals surface area contributed by atoms with E-state index in [-0.39, 0.29) is 5.91 Å². The molecular formula is C14H21IN2O. The van der Waals surface area contributed by atoms with Gasteiger partial charge in [0.1, 0.15) is 0 Å². The first kappa shape index (κ1) is 15.4. The normalized spacial score (nSPS) is 10.7. The molecule has 1 aromatic carbocycles. The second-order valence-electron chi connectivity index (χ2n) is 4.63. The van der Waals surface area contributed by atoms with Gasteiger partial charge >= 0.3 is 0 Å². The smallest absolute Gasteiger partial charge is 0.251 e. The highest BCUT2D eigenvalue weighted by molar-refractivity contribution is 14.1. The molecule has 0 aliphatic heterocycles. The van der Waals surface area contributed by atoms with Crippen molar-refractivity contribution >= 4 is 28.5 Å². The average Bonchev–Trinajstić information content (AvgIpc) is 2.34. The molecule has 4 heteroatoms. The van der Waals surface area contributed by atoms with Crippen LogP contribution in [0, 0.1) is 3.57 Å². The van der Waals surface area contributed by atoms with Crippen molar-refractivity contribution in [2.24, 2.45) is 0 Å². The largest absolute Gasteiger partial charge is 0.352 e. The molecule has 1 amide bonds. The molecule has 1 rings (SSSR count). The van der Waals surface area contributed by atoms with E-state index in [4.69, 9.17) is 0 Å². The zero-order valence-electron chi connectivity index (χ0n) is 11.1. The monoisotopic (exact) mass is 364 g/mol. The number of halogens is 1. The van der Waals surface area contributed by atoms with Gasteiger partial charge in [-0.3, -0.25) is 4.79 Å². The number of hydrogen-bond donors (Lipinski definition) is 1. The molecule has 1 N–H and O–H groups in total. The summed E-state index contributed by atoms with van der Waals surface area (Å²) in [6.07, 6.45) is 3.39. The van der Waals surface area contributed by atoms with Crippen LogP contribution in [0.15, 0.2) is 24.3 Å². The molecule has 0 unspecified atom stereocenters. The Hall–Kier alpha value is -0.620. The lowest BCUT2D eigenvalue weighted by atomic mass is 10.2. The van der Waals surface area contributed by atoms with Crippen molar-refractivity contribution in [3.05, 3.63) is 33.4 Å². The number of carbonyl (C=O) groups is 1. The molecular weight excluding hydrogens is 343 g/mol. The fourth-order valence-corrected chi connectivity index (χ4v) is 1.99. The number of carbonyl (C=O) groups excluding carboxylic acids is 1. The number of unbranched alkanes of at least 4 members (excludes halogenated alkanes) is 2. The summed E-state index contributed by atoms with van der Waals surface area (Å²) in [6.45, 7) is 1.88. The maximum atomic E-state index is 11.8. The van der Waals surface area contributed by atoms with E-state index < -0.39 is 0 Å². The third-order valence-corrected chi connectivity index (χ3v) is 3.39. The zero-order valence-corrected chi connectivity index (χ0v) is 13.2. The highest BCUT2D eigenvalue weighted by atomic mass is 131. The van der Waals surface area contributed by atoms with Crippen LogP contribution in [0.25, 0.3) is 0 Å². The van der Waals surface area contributed by atoms with E-state index in [0.717, 1.165) is 35.1 Å². The molecule has 3 nitrogen and oxygen atoms in total. The summed E-state index contributed by atoms with van der Waals surface area (Å²) in [5.74, 6) is 0.0269. The topological polar surface area (TPSA) is 32.3 Å². The van der Waals surface area contributed by atoms with Crippen LogP contribution in [0.1, 0.15) is 29.6 Å². The number of nitrogens with one attached hydrogen (secondary N) is 1. The Morgan fingerprint density at radius 2 is 1.83 bits per heavy atom. The Kier molecular flexibility index (Phi) is 7.27. The molecule has 100 valence electrons. The summed E-state index contributed by atoms with van der Waals surface area (Å²) < 4.78 is 1.15. The van der Waals surface area contributed by atoms with Crippen LogP contribution >= 0.6 is 22.6 Å². The van der Waals surface area contributed by atoms with E-state index in [1.54, 1.807) is 0 Å². The van der Waals surface area contributed by atoms with Crippen molar-refractivity contribution < 1.29 is 4.79 Å². The molecule has 0 atom stereocenters. The number of amides is 1. The number of hydrogen-bond acceptors (Lipinski definition) is 2. The molecule has 0 heterocycles. The molecule has 0 radical (unpaired) electrons. The van der Waals surface area contributed by atoms with Crippen LogP contribution < -0.4 is 5.32 Å². The molecule has 0 aromatic heterocycles. The minimum Gasteiger partial charge on any atom is -0.352 e. The van der Waals surface area contributed by atoms with E-state index in [1.807, 2.05) is 24.3 Å². The Labute approximate surface area is 123 Å². The van der Waals surface area contributed by atoms with Crippen molar-refractivity contribution in [2.45, 2.75) is 19.3 Å². The maximum Gasteiger partial charge on any atom is 0.251 e. The minimum absolute atomic E-state index is 0.0269. The SMILES string of the molecule is CN(C)CCCCCNC(=O)c1ccc([131I])cc1. The second-order valence-corrected chi connectivity index (χ2v) is 5.87.